The second-order valence-electron chi connectivity index (χ2n) is 5.16. The van der Waals surface area contributed by atoms with Gasteiger partial charge in [-0.05, 0) is 34.1 Å². The molecule has 0 fully saturated rings. The van der Waals surface area contributed by atoms with Crippen molar-refractivity contribution in [2.45, 2.75) is 78.3 Å². The van der Waals surface area contributed by atoms with Gasteiger partial charge in [0.1, 0.15) is 5.54 Å². The van der Waals surface area contributed by atoms with E-state index < -0.39 is 5.54 Å². The molecule has 0 aliphatic heterocycles. The van der Waals surface area contributed by atoms with Gasteiger partial charge in [0.25, 0.3) is 0 Å². The minimum Gasteiger partial charge on any atom is -0.465 e. The SMILES string of the molecule is CCCCCCC(C)(NC(C)C)C(=O)OCC. The molecule has 0 aromatic rings. The summed E-state index contributed by atoms with van der Waals surface area (Å²) in [4.78, 5) is 12.0. The number of carbonyl (C=O) groups is 1. The Morgan fingerprint density at radius 1 is 1.24 bits per heavy atom. The van der Waals surface area contributed by atoms with Crippen LogP contribution in [0.1, 0.15) is 66.7 Å². The quantitative estimate of drug-likeness (QED) is 0.499. The average molecular weight is 243 g/mol. The van der Waals surface area contributed by atoms with Gasteiger partial charge in [-0.25, -0.2) is 0 Å². The van der Waals surface area contributed by atoms with Gasteiger partial charge >= 0.3 is 5.97 Å². The first-order valence-electron chi connectivity index (χ1n) is 6.91. The van der Waals surface area contributed by atoms with Crippen molar-refractivity contribution in [3.05, 3.63) is 0 Å². The number of rotatable bonds is 9. The maximum Gasteiger partial charge on any atom is 0.326 e. The molecule has 17 heavy (non-hydrogen) atoms. The summed E-state index contributed by atoms with van der Waals surface area (Å²) in [6, 6.07) is 0.288. The van der Waals surface area contributed by atoms with Crippen molar-refractivity contribution in [2.24, 2.45) is 0 Å². The third kappa shape index (κ3) is 6.67. The van der Waals surface area contributed by atoms with Crippen LogP contribution < -0.4 is 5.32 Å². The zero-order valence-corrected chi connectivity index (χ0v) is 12.1. The van der Waals surface area contributed by atoms with Gasteiger partial charge < -0.3 is 4.74 Å². The third-order valence-corrected chi connectivity index (χ3v) is 2.86. The normalized spacial score (nSPS) is 14.7. The lowest BCUT2D eigenvalue weighted by Crippen LogP contribution is -2.53. The minimum atomic E-state index is -0.530. The number of unbranched alkanes of at least 4 members (excludes halogenated alkanes) is 3. The summed E-state index contributed by atoms with van der Waals surface area (Å²) in [6.45, 7) is 10.6. The Hall–Kier alpha value is -0.570. The van der Waals surface area contributed by atoms with E-state index in [9.17, 15) is 4.79 Å². The standard InChI is InChI=1S/C14H29NO2/c1-6-8-9-10-11-14(5,15-12(3)4)13(16)17-7-2/h12,15H,6-11H2,1-5H3. The average Bonchev–Trinajstić information content (AvgIpc) is 2.24. The number of carbonyl (C=O) groups excluding carboxylic acids is 1. The Morgan fingerprint density at radius 2 is 1.88 bits per heavy atom. The molecule has 0 amide bonds. The van der Waals surface area contributed by atoms with Gasteiger partial charge in [-0.1, -0.05) is 32.6 Å². The van der Waals surface area contributed by atoms with Gasteiger partial charge in [-0.2, -0.15) is 0 Å². The summed E-state index contributed by atoms with van der Waals surface area (Å²) in [7, 11) is 0. The summed E-state index contributed by atoms with van der Waals surface area (Å²) in [5, 5.41) is 3.34. The van der Waals surface area contributed by atoms with Gasteiger partial charge in [0.15, 0.2) is 0 Å². The van der Waals surface area contributed by atoms with Crippen LogP contribution in [0.25, 0.3) is 0 Å². The van der Waals surface area contributed by atoms with Crippen molar-refractivity contribution < 1.29 is 9.53 Å². The Balaban J connectivity index is 4.33. The number of nitrogens with one attached hydrogen (secondary N) is 1. The summed E-state index contributed by atoms with van der Waals surface area (Å²) in [5.74, 6) is -0.120. The maximum absolute atomic E-state index is 12.0. The van der Waals surface area contributed by atoms with Crippen LogP contribution in [0.2, 0.25) is 0 Å². The summed E-state index contributed by atoms with van der Waals surface area (Å²) >= 11 is 0. The molecule has 0 aromatic carbocycles. The molecule has 0 saturated carbocycles. The van der Waals surface area contributed by atoms with Gasteiger partial charge in [-0.3, -0.25) is 10.1 Å². The first kappa shape index (κ1) is 16.4. The van der Waals surface area contributed by atoms with Gasteiger partial charge in [0.05, 0.1) is 6.61 Å². The van der Waals surface area contributed by atoms with Crippen molar-refractivity contribution in [3.8, 4) is 0 Å². The Morgan fingerprint density at radius 3 is 2.35 bits per heavy atom. The second kappa shape index (κ2) is 8.51. The van der Waals surface area contributed by atoms with Gasteiger partial charge in [-0.15, -0.1) is 0 Å². The first-order chi connectivity index (χ1) is 7.96. The van der Waals surface area contributed by atoms with Crippen LogP contribution in [0.5, 0.6) is 0 Å². The number of hydrogen-bond donors (Lipinski definition) is 1. The molecule has 0 aromatic heterocycles. The molecule has 102 valence electrons. The van der Waals surface area contributed by atoms with E-state index >= 15 is 0 Å². The molecule has 1 unspecified atom stereocenters. The summed E-state index contributed by atoms with van der Waals surface area (Å²) in [6.07, 6.45) is 5.56. The molecule has 0 spiro atoms. The lowest BCUT2D eigenvalue weighted by Gasteiger charge is -2.30. The Labute approximate surface area is 106 Å². The summed E-state index contributed by atoms with van der Waals surface area (Å²) in [5.41, 5.74) is -0.530. The van der Waals surface area contributed by atoms with E-state index in [1.54, 1.807) is 0 Å². The fraction of sp³-hybridized carbons (Fsp3) is 0.929. The van der Waals surface area contributed by atoms with Crippen LogP contribution >= 0.6 is 0 Å². The lowest BCUT2D eigenvalue weighted by molar-refractivity contribution is -0.151. The van der Waals surface area contributed by atoms with Crippen LogP contribution in [-0.4, -0.2) is 24.2 Å². The highest BCUT2D eigenvalue weighted by Gasteiger charge is 2.34. The molecule has 0 aliphatic carbocycles. The molecule has 0 bridgehead atoms. The molecular weight excluding hydrogens is 214 g/mol. The molecule has 3 nitrogen and oxygen atoms in total. The van der Waals surface area contributed by atoms with Crippen LogP contribution in [0.3, 0.4) is 0 Å². The van der Waals surface area contributed by atoms with E-state index in [4.69, 9.17) is 4.74 Å². The van der Waals surface area contributed by atoms with E-state index in [1.807, 2.05) is 13.8 Å². The van der Waals surface area contributed by atoms with Crippen molar-refractivity contribution in [1.29, 1.82) is 0 Å². The van der Waals surface area contributed by atoms with E-state index in [-0.39, 0.29) is 12.0 Å². The fourth-order valence-corrected chi connectivity index (χ4v) is 2.07. The number of esters is 1. The molecule has 0 saturated heterocycles. The van der Waals surface area contributed by atoms with Gasteiger partial charge in [0.2, 0.25) is 0 Å². The largest absolute Gasteiger partial charge is 0.465 e. The molecular formula is C14H29NO2. The molecule has 1 N–H and O–H groups in total. The van der Waals surface area contributed by atoms with Crippen LogP contribution in [0.4, 0.5) is 0 Å². The van der Waals surface area contributed by atoms with Gasteiger partial charge in [0, 0.05) is 6.04 Å². The van der Waals surface area contributed by atoms with Crippen molar-refractivity contribution in [2.75, 3.05) is 6.61 Å². The highest BCUT2D eigenvalue weighted by atomic mass is 16.5. The van der Waals surface area contributed by atoms with Crippen molar-refractivity contribution in [1.82, 2.24) is 5.32 Å². The molecule has 0 radical (unpaired) electrons. The zero-order chi connectivity index (χ0) is 13.3. The first-order valence-corrected chi connectivity index (χ1v) is 6.91. The third-order valence-electron chi connectivity index (χ3n) is 2.86. The Kier molecular flexibility index (Phi) is 8.23. The topological polar surface area (TPSA) is 38.3 Å². The predicted octanol–water partition coefficient (Wildman–Crippen LogP) is 3.28. The van der Waals surface area contributed by atoms with E-state index in [2.05, 4.69) is 26.1 Å². The van der Waals surface area contributed by atoms with Crippen LogP contribution in [-0.2, 0) is 9.53 Å². The highest BCUT2D eigenvalue weighted by molar-refractivity contribution is 5.80. The van der Waals surface area contributed by atoms with Crippen molar-refractivity contribution in [3.63, 3.8) is 0 Å². The second-order valence-corrected chi connectivity index (χ2v) is 5.16. The maximum atomic E-state index is 12.0. The van der Waals surface area contributed by atoms with Crippen LogP contribution in [0.15, 0.2) is 0 Å². The number of ether oxygens (including phenoxy) is 1. The Bertz CT molecular complexity index is 216. The molecule has 3 heteroatoms. The zero-order valence-electron chi connectivity index (χ0n) is 12.1. The monoisotopic (exact) mass is 243 g/mol. The van der Waals surface area contributed by atoms with E-state index in [0.29, 0.717) is 6.61 Å². The van der Waals surface area contributed by atoms with E-state index in [0.717, 1.165) is 12.8 Å². The van der Waals surface area contributed by atoms with Crippen molar-refractivity contribution >= 4 is 5.97 Å². The molecule has 0 aliphatic rings. The molecule has 0 rings (SSSR count). The predicted molar refractivity (Wildman–Crippen MR) is 72.1 cm³/mol. The van der Waals surface area contributed by atoms with Crippen LogP contribution in [0, 0.1) is 0 Å². The molecule has 1 atom stereocenters. The fourth-order valence-electron chi connectivity index (χ4n) is 2.07. The molecule has 0 heterocycles. The smallest absolute Gasteiger partial charge is 0.326 e. The van der Waals surface area contributed by atoms with E-state index in [1.165, 1.54) is 19.3 Å². The lowest BCUT2D eigenvalue weighted by atomic mass is 9.93. The number of hydrogen-bond acceptors (Lipinski definition) is 3. The summed E-state index contributed by atoms with van der Waals surface area (Å²) < 4.78 is 5.16. The highest BCUT2D eigenvalue weighted by Crippen LogP contribution is 2.18. The minimum absolute atomic E-state index is 0.120.